The average Bonchev–Trinajstić information content (AvgIpc) is 3.22. The molecule has 2 unspecified atom stereocenters. The molecule has 0 radical (unpaired) electrons. The first-order valence-corrected chi connectivity index (χ1v) is 9.17. The topological polar surface area (TPSA) is 57.8 Å². The van der Waals surface area contributed by atoms with Crippen molar-refractivity contribution < 1.29 is 0 Å². The molecule has 0 bridgehead atoms. The third kappa shape index (κ3) is 3.91. The van der Waals surface area contributed by atoms with Crippen molar-refractivity contribution in [3.05, 3.63) is 30.2 Å². The Labute approximate surface area is 166 Å². The predicted molar refractivity (Wildman–Crippen MR) is 110 cm³/mol. The first-order valence-electron chi connectivity index (χ1n) is 9.17. The lowest BCUT2D eigenvalue weighted by molar-refractivity contribution is 0.299. The number of fused-ring (bicyclic) bond motifs is 2. The van der Waals surface area contributed by atoms with E-state index in [1.807, 2.05) is 28.8 Å². The fraction of sp³-hybridized carbons (Fsp3) is 0.611. The minimum atomic E-state index is 0. The molecule has 2 fully saturated rings. The fourth-order valence-corrected chi connectivity index (χ4v) is 4.15. The molecule has 1 aliphatic carbocycles. The molecule has 0 aromatic carbocycles. The smallest absolute Gasteiger partial charge is 0.194 e. The standard InChI is InChI=1S/C18H26N6.HI/c1-2-19-18(23-12-14-7-3-4-8-15(14)13-23)20-11-17-22-21-16-9-5-6-10-24(16)17;/h5-6,9-10,14-15H,2-4,7-8,11-13H2,1H3,(H,19,20);1H. The molecule has 1 N–H and O–H groups in total. The van der Waals surface area contributed by atoms with E-state index in [-0.39, 0.29) is 24.0 Å². The lowest BCUT2D eigenvalue weighted by Gasteiger charge is -2.22. The van der Waals surface area contributed by atoms with Crippen LogP contribution in [0.2, 0.25) is 0 Å². The molecule has 1 saturated carbocycles. The van der Waals surface area contributed by atoms with E-state index in [1.54, 1.807) is 0 Å². The van der Waals surface area contributed by atoms with Gasteiger partial charge in [0.05, 0.1) is 0 Å². The largest absolute Gasteiger partial charge is 0.357 e. The number of nitrogens with zero attached hydrogens (tertiary/aromatic N) is 5. The summed E-state index contributed by atoms with van der Waals surface area (Å²) in [4.78, 5) is 7.31. The molecule has 7 heteroatoms. The van der Waals surface area contributed by atoms with Crippen LogP contribution in [-0.2, 0) is 6.54 Å². The number of guanidine groups is 1. The van der Waals surface area contributed by atoms with Gasteiger partial charge in [0.15, 0.2) is 17.4 Å². The highest BCUT2D eigenvalue weighted by Crippen LogP contribution is 2.35. The molecule has 1 saturated heterocycles. The first kappa shape index (κ1) is 18.4. The molecule has 0 spiro atoms. The molecule has 2 aliphatic rings. The number of aromatic nitrogens is 3. The van der Waals surface area contributed by atoms with Gasteiger partial charge >= 0.3 is 0 Å². The Morgan fingerprint density at radius 1 is 1.20 bits per heavy atom. The monoisotopic (exact) mass is 454 g/mol. The SMILES string of the molecule is CCNC(=NCc1nnc2ccccn12)N1CC2CCCCC2C1.I. The summed E-state index contributed by atoms with van der Waals surface area (Å²) in [7, 11) is 0. The number of rotatable bonds is 3. The Bertz CT molecular complexity index is 713. The Kier molecular flexibility index (Phi) is 6.14. The number of pyridine rings is 1. The third-order valence-electron chi connectivity index (χ3n) is 5.37. The number of halogens is 1. The van der Waals surface area contributed by atoms with Crippen LogP contribution in [-0.4, -0.2) is 45.1 Å². The zero-order valence-electron chi connectivity index (χ0n) is 14.8. The summed E-state index contributed by atoms with van der Waals surface area (Å²) in [5, 5.41) is 12.0. The van der Waals surface area contributed by atoms with Crippen molar-refractivity contribution in [1.82, 2.24) is 24.8 Å². The Morgan fingerprint density at radius 2 is 1.96 bits per heavy atom. The van der Waals surface area contributed by atoms with E-state index in [4.69, 9.17) is 4.99 Å². The predicted octanol–water partition coefficient (Wildman–Crippen LogP) is 2.93. The minimum Gasteiger partial charge on any atom is -0.357 e. The number of likely N-dealkylation sites (tertiary alicyclic amines) is 1. The minimum absolute atomic E-state index is 0. The van der Waals surface area contributed by atoms with Crippen LogP contribution in [0.3, 0.4) is 0 Å². The zero-order chi connectivity index (χ0) is 16.4. The summed E-state index contributed by atoms with van der Waals surface area (Å²) in [5.41, 5.74) is 0.875. The lowest BCUT2D eigenvalue weighted by atomic mass is 9.82. The van der Waals surface area contributed by atoms with Gasteiger partial charge in [-0.3, -0.25) is 4.40 Å². The van der Waals surface area contributed by atoms with E-state index in [0.717, 1.165) is 48.9 Å². The molecule has 2 aromatic rings. The van der Waals surface area contributed by atoms with Gasteiger partial charge in [0, 0.05) is 25.8 Å². The Morgan fingerprint density at radius 3 is 2.68 bits per heavy atom. The van der Waals surface area contributed by atoms with E-state index in [0.29, 0.717) is 6.54 Å². The molecule has 25 heavy (non-hydrogen) atoms. The van der Waals surface area contributed by atoms with Crippen LogP contribution in [0.1, 0.15) is 38.4 Å². The number of aliphatic imine (C=N–C) groups is 1. The first-order chi connectivity index (χ1) is 11.8. The van der Waals surface area contributed by atoms with Crippen molar-refractivity contribution >= 4 is 35.6 Å². The van der Waals surface area contributed by atoms with Gasteiger partial charge in [-0.2, -0.15) is 0 Å². The maximum absolute atomic E-state index is 4.85. The van der Waals surface area contributed by atoms with Crippen molar-refractivity contribution in [2.75, 3.05) is 19.6 Å². The van der Waals surface area contributed by atoms with Gasteiger partial charge in [-0.25, -0.2) is 4.99 Å². The molecule has 136 valence electrons. The second-order valence-corrected chi connectivity index (χ2v) is 6.92. The average molecular weight is 454 g/mol. The number of hydrogen-bond acceptors (Lipinski definition) is 3. The van der Waals surface area contributed by atoms with Crippen LogP contribution in [0.25, 0.3) is 5.65 Å². The quantitative estimate of drug-likeness (QED) is 0.440. The molecule has 4 rings (SSSR count). The highest BCUT2D eigenvalue weighted by atomic mass is 127. The number of nitrogens with one attached hydrogen (secondary N) is 1. The van der Waals surface area contributed by atoms with Crippen molar-refractivity contribution in [2.24, 2.45) is 16.8 Å². The molecule has 6 nitrogen and oxygen atoms in total. The van der Waals surface area contributed by atoms with Gasteiger partial charge in [0.1, 0.15) is 6.54 Å². The van der Waals surface area contributed by atoms with Gasteiger partial charge in [-0.15, -0.1) is 34.2 Å². The van der Waals surface area contributed by atoms with Crippen molar-refractivity contribution in [3.63, 3.8) is 0 Å². The van der Waals surface area contributed by atoms with Crippen molar-refractivity contribution in [3.8, 4) is 0 Å². The number of hydrogen-bond donors (Lipinski definition) is 1. The van der Waals surface area contributed by atoms with E-state index < -0.39 is 0 Å². The van der Waals surface area contributed by atoms with Crippen LogP contribution >= 0.6 is 24.0 Å². The molecule has 3 heterocycles. The normalized spacial score (nSPS) is 23.4. The Hall–Kier alpha value is -1.38. The van der Waals surface area contributed by atoms with Gasteiger partial charge < -0.3 is 10.2 Å². The van der Waals surface area contributed by atoms with E-state index in [2.05, 4.69) is 27.3 Å². The van der Waals surface area contributed by atoms with Crippen LogP contribution in [0.5, 0.6) is 0 Å². The third-order valence-corrected chi connectivity index (χ3v) is 5.37. The molecule has 2 aromatic heterocycles. The summed E-state index contributed by atoms with van der Waals surface area (Å²) in [5.74, 6) is 3.63. The summed E-state index contributed by atoms with van der Waals surface area (Å²) in [6.07, 6.45) is 7.56. The van der Waals surface area contributed by atoms with Gasteiger partial charge in [-0.05, 0) is 43.7 Å². The van der Waals surface area contributed by atoms with E-state index in [9.17, 15) is 0 Å². The highest BCUT2D eigenvalue weighted by Gasteiger charge is 2.35. The fourth-order valence-electron chi connectivity index (χ4n) is 4.15. The van der Waals surface area contributed by atoms with Gasteiger partial charge in [0.25, 0.3) is 0 Å². The lowest BCUT2D eigenvalue weighted by Crippen LogP contribution is -2.40. The zero-order valence-corrected chi connectivity index (χ0v) is 17.1. The highest BCUT2D eigenvalue weighted by molar-refractivity contribution is 14.0. The van der Waals surface area contributed by atoms with Gasteiger partial charge in [0.2, 0.25) is 0 Å². The molecule has 0 amide bonds. The van der Waals surface area contributed by atoms with E-state index >= 15 is 0 Å². The molecule has 1 aliphatic heterocycles. The van der Waals surface area contributed by atoms with Crippen LogP contribution in [0.4, 0.5) is 0 Å². The van der Waals surface area contributed by atoms with Crippen LogP contribution in [0, 0.1) is 11.8 Å². The summed E-state index contributed by atoms with van der Waals surface area (Å²) in [6, 6.07) is 5.95. The maximum Gasteiger partial charge on any atom is 0.194 e. The molecular formula is C18H27IN6. The molecular weight excluding hydrogens is 427 g/mol. The van der Waals surface area contributed by atoms with Gasteiger partial charge in [-0.1, -0.05) is 18.9 Å². The Balaban J connectivity index is 0.00000182. The summed E-state index contributed by atoms with van der Waals surface area (Å²) in [6.45, 7) is 5.88. The second kappa shape index (κ2) is 8.33. The molecule has 2 atom stereocenters. The van der Waals surface area contributed by atoms with Crippen LogP contribution < -0.4 is 5.32 Å². The summed E-state index contributed by atoms with van der Waals surface area (Å²) >= 11 is 0. The summed E-state index contributed by atoms with van der Waals surface area (Å²) < 4.78 is 2.01. The van der Waals surface area contributed by atoms with Crippen LogP contribution in [0.15, 0.2) is 29.4 Å². The van der Waals surface area contributed by atoms with E-state index in [1.165, 1.54) is 25.7 Å². The van der Waals surface area contributed by atoms with Crippen molar-refractivity contribution in [1.29, 1.82) is 0 Å². The second-order valence-electron chi connectivity index (χ2n) is 6.92. The van der Waals surface area contributed by atoms with Crippen molar-refractivity contribution in [2.45, 2.75) is 39.2 Å². The maximum atomic E-state index is 4.85.